The first-order valence-corrected chi connectivity index (χ1v) is 6.98. The average Bonchev–Trinajstić information content (AvgIpc) is 2.62. The molecule has 0 amide bonds. The quantitative estimate of drug-likeness (QED) is 0.750. The highest BCUT2D eigenvalue weighted by atomic mass is 16.5. The second kappa shape index (κ2) is 6.27. The highest BCUT2D eigenvalue weighted by molar-refractivity contribution is 6.10. The van der Waals surface area contributed by atoms with Crippen molar-refractivity contribution in [2.45, 2.75) is 0 Å². The highest BCUT2D eigenvalue weighted by Gasteiger charge is 2.14. The number of hydrogen-bond donors (Lipinski definition) is 1. The van der Waals surface area contributed by atoms with Crippen molar-refractivity contribution in [3.8, 4) is 22.9 Å². The number of hydrogen-bond acceptors (Lipinski definition) is 5. The number of benzene rings is 2. The van der Waals surface area contributed by atoms with Crippen molar-refractivity contribution in [3.05, 3.63) is 72.1 Å². The summed E-state index contributed by atoms with van der Waals surface area (Å²) in [5, 5.41) is 9.75. The number of aromatic nitrogens is 2. The number of ketones is 1. The lowest BCUT2D eigenvalue weighted by molar-refractivity contribution is 0.103. The zero-order chi connectivity index (χ0) is 16.2. The van der Waals surface area contributed by atoms with E-state index in [-0.39, 0.29) is 17.1 Å². The predicted octanol–water partition coefficient (Wildman–Crippen LogP) is 3.09. The van der Waals surface area contributed by atoms with E-state index in [4.69, 9.17) is 4.74 Å². The van der Waals surface area contributed by atoms with E-state index in [1.165, 1.54) is 18.5 Å². The average molecular weight is 306 g/mol. The van der Waals surface area contributed by atoms with Gasteiger partial charge in [-0.15, -0.1) is 0 Å². The summed E-state index contributed by atoms with van der Waals surface area (Å²) in [4.78, 5) is 20.8. The Hall–Kier alpha value is -3.21. The van der Waals surface area contributed by atoms with E-state index in [9.17, 15) is 9.90 Å². The third kappa shape index (κ3) is 3.03. The maximum absolute atomic E-state index is 12.3. The van der Waals surface area contributed by atoms with Gasteiger partial charge in [0.1, 0.15) is 11.5 Å². The van der Waals surface area contributed by atoms with Crippen LogP contribution >= 0.6 is 0 Å². The minimum atomic E-state index is -0.315. The second-order valence-electron chi connectivity index (χ2n) is 4.87. The molecule has 0 aliphatic carbocycles. The molecule has 0 aliphatic rings. The molecule has 3 aromatic rings. The van der Waals surface area contributed by atoms with Gasteiger partial charge in [-0.25, -0.2) is 9.97 Å². The monoisotopic (exact) mass is 306 g/mol. The van der Waals surface area contributed by atoms with Gasteiger partial charge < -0.3 is 9.84 Å². The summed E-state index contributed by atoms with van der Waals surface area (Å²) in [7, 11) is 1.60. The molecular weight excluding hydrogens is 292 g/mol. The smallest absolute Gasteiger partial charge is 0.199 e. The van der Waals surface area contributed by atoms with Crippen LogP contribution in [-0.4, -0.2) is 28.0 Å². The molecule has 23 heavy (non-hydrogen) atoms. The fourth-order valence-electron chi connectivity index (χ4n) is 2.16. The first kappa shape index (κ1) is 14.7. The SMILES string of the molecule is COc1ccc(-c2ncc(C(=O)c3ccccc3O)cn2)cc1. The topological polar surface area (TPSA) is 72.3 Å². The Labute approximate surface area is 133 Å². The number of carbonyl (C=O) groups excluding carboxylic acids is 1. The third-order valence-corrected chi connectivity index (χ3v) is 3.41. The van der Waals surface area contributed by atoms with Crippen LogP contribution in [0.3, 0.4) is 0 Å². The van der Waals surface area contributed by atoms with Crippen LogP contribution in [0.15, 0.2) is 60.9 Å². The first-order valence-electron chi connectivity index (χ1n) is 6.98. The summed E-state index contributed by atoms with van der Waals surface area (Å²) in [5.74, 6) is 0.891. The first-order chi connectivity index (χ1) is 11.2. The van der Waals surface area contributed by atoms with E-state index >= 15 is 0 Å². The molecule has 1 N–H and O–H groups in total. The van der Waals surface area contributed by atoms with Crippen molar-refractivity contribution in [2.24, 2.45) is 0 Å². The number of nitrogens with zero attached hydrogens (tertiary/aromatic N) is 2. The van der Waals surface area contributed by atoms with Crippen LogP contribution in [0.1, 0.15) is 15.9 Å². The molecule has 0 atom stereocenters. The fourth-order valence-corrected chi connectivity index (χ4v) is 2.16. The van der Waals surface area contributed by atoms with E-state index in [0.717, 1.165) is 11.3 Å². The number of ether oxygens (including phenoxy) is 1. The van der Waals surface area contributed by atoms with E-state index in [2.05, 4.69) is 9.97 Å². The fraction of sp³-hybridized carbons (Fsp3) is 0.0556. The molecule has 0 saturated carbocycles. The Bertz CT molecular complexity index is 828. The maximum atomic E-state index is 12.3. The summed E-state index contributed by atoms with van der Waals surface area (Å²) in [6.45, 7) is 0. The molecule has 2 aromatic carbocycles. The van der Waals surface area contributed by atoms with Crippen molar-refractivity contribution < 1.29 is 14.6 Å². The van der Waals surface area contributed by atoms with Crippen LogP contribution < -0.4 is 4.74 Å². The van der Waals surface area contributed by atoms with Gasteiger partial charge in [-0.3, -0.25) is 4.79 Å². The van der Waals surface area contributed by atoms with Crippen LogP contribution in [0.25, 0.3) is 11.4 Å². The van der Waals surface area contributed by atoms with Crippen LogP contribution in [0.2, 0.25) is 0 Å². The van der Waals surface area contributed by atoms with E-state index in [0.29, 0.717) is 11.4 Å². The van der Waals surface area contributed by atoms with Gasteiger partial charge in [0, 0.05) is 18.0 Å². The van der Waals surface area contributed by atoms with Crippen molar-refractivity contribution >= 4 is 5.78 Å². The van der Waals surface area contributed by atoms with Gasteiger partial charge in [0.05, 0.1) is 18.2 Å². The number of para-hydroxylation sites is 1. The standard InChI is InChI=1S/C18H14N2O3/c1-23-14-8-6-12(7-9-14)18-19-10-13(11-20-18)17(22)15-4-2-3-5-16(15)21/h2-11,21H,1H3. The molecule has 0 bridgehead atoms. The zero-order valence-electron chi connectivity index (χ0n) is 12.4. The number of methoxy groups -OCH3 is 1. The van der Waals surface area contributed by atoms with Gasteiger partial charge in [0.25, 0.3) is 0 Å². The summed E-state index contributed by atoms with van der Waals surface area (Å²) in [5.41, 5.74) is 1.38. The Morgan fingerprint density at radius 2 is 1.65 bits per heavy atom. The summed E-state index contributed by atoms with van der Waals surface area (Å²) >= 11 is 0. The molecule has 5 nitrogen and oxygen atoms in total. The van der Waals surface area contributed by atoms with Crippen LogP contribution in [-0.2, 0) is 0 Å². The van der Waals surface area contributed by atoms with Gasteiger partial charge in [-0.2, -0.15) is 0 Å². The minimum Gasteiger partial charge on any atom is -0.507 e. The predicted molar refractivity (Wildman–Crippen MR) is 85.6 cm³/mol. The Kier molecular flexibility index (Phi) is 4.01. The van der Waals surface area contributed by atoms with Gasteiger partial charge in [-0.05, 0) is 36.4 Å². The minimum absolute atomic E-state index is 0.0586. The lowest BCUT2D eigenvalue weighted by Gasteiger charge is -2.05. The largest absolute Gasteiger partial charge is 0.507 e. The van der Waals surface area contributed by atoms with Gasteiger partial charge in [0.15, 0.2) is 11.6 Å². The Morgan fingerprint density at radius 3 is 2.26 bits per heavy atom. The lowest BCUT2D eigenvalue weighted by Crippen LogP contribution is -2.03. The summed E-state index contributed by atoms with van der Waals surface area (Å²) in [6.07, 6.45) is 2.92. The maximum Gasteiger partial charge on any atom is 0.199 e. The zero-order valence-corrected chi connectivity index (χ0v) is 12.4. The molecule has 0 radical (unpaired) electrons. The second-order valence-corrected chi connectivity index (χ2v) is 4.87. The van der Waals surface area contributed by atoms with Gasteiger partial charge in [-0.1, -0.05) is 12.1 Å². The molecule has 0 aliphatic heterocycles. The molecule has 114 valence electrons. The van der Waals surface area contributed by atoms with Crippen molar-refractivity contribution in [2.75, 3.05) is 7.11 Å². The Balaban J connectivity index is 1.87. The summed E-state index contributed by atoms with van der Waals surface area (Å²) in [6, 6.07) is 13.7. The van der Waals surface area contributed by atoms with E-state index in [1.54, 1.807) is 25.3 Å². The molecule has 0 unspecified atom stereocenters. The van der Waals surface area contributed by atoms with E-state index in [1.807, 2.05) is 24.3 Å². The molecule has 0 fully saturated rings. The molecule has 1 aromatic heterocycles. The van der Waals surface area contributed by atoms with Crippen LogP contribution in [0, 0.1) is 0 Å². The van der Waals surface area contributed by atoms with Gasteiger partial charge in [0.2, 0.25) is 0 Å². The number of aromatic hydroxyl groups is 1. The number of phenolic OH excluding ortho intramolecular Hbond substituents is 1. The third-order valence-electron chi connectivity index (χ3n) is 3.41. The Morgan fingerprint density at radius 1 is 1.00 bits per heavy atom. The molecule has 0 spiro atoms. The van der Waals surface area contributed by atoms with Crippen molar-refractivity contribution in [1.82, 2.24) is 9.97 Å². The van der Waals surface area contributed by atoms with Crippen molar-refractivity contribution in [1.29, 1.82) is 0 Å². The van der Waals surface area contributed by atoms with Crippen molar-refractivity contribution in [3.63, 3.8) is 0 Å². The molecule has 1 heterocycles. The number of rotatable bonds is 4. The number of phenols is 1. The lowest BCUT2D eigenvalue weighted by atomic mass is 10.1. The molecule has 5 heteroatoms. The molecule has 0 saturated heterocycles. The number of carbonyl (C=O) groups is 1. The van der Waals surface area contributed by atoms with Crippen LogP contribution in [0.5, 0.6) is 11.5 Å². The highest BCUT2D eigenvalue weighted by Crippen LogP contribution is 2.21. The normalized spacial score (nSPS) is 10.3. The van der Waals surface area contributed by atoms with Gasteiger partial charge >= 0.3 is 0 Å². The van der Waals surface area contributed by atoms with E-state index < -0.39 is 0 Å². The summed E-state index contributed by atoms with van der Waals surface area (Å²) < 4.78 is 5.11. The molecular formula is C18H14N2O3. The van der Waals surface area contributed by atoms with Crippen LogP contribution in [0.4, 0.5) is 0 Å². The molecule has 3 rings (SSSR count).